The summed E-state index contributed by atoms with van der Waals surface area (Å²) in [5, 5.41) is 3.60. The Labute approximate surface area is 111 Å². The normalized spacial score (nSPS) is 20.4. The van der Waals surface area contributed by atoms with Gasteiger partial charge in [0.2, 0.25) is 0 Å². The molecule has 0 bridgehead atoms. The SMILES string of the molecule is CN1CCCC1CNCCCCc1ccccc1. The molecule has 1 saturated heterocycles. The highest BCUT2D eigenvalue weighted by molar-refractivity contribution is 5.14. The molecule has 1 fully saturated rings. The first-order chi connectivity index (χ1) is 8.86. The van der Waals surface area contributed by atoms with Crippen molar-refractivity contribution in [1.29, 1.82) is 0 Å². The highest BCUT2D eigenvalue weighted by Gasteiger charge is 2.19. The van der Waals surface area contributed by atoms with Crippen LogP contribution in [0, 0.1) is 0 Å². The molecular weight excluding hydrogens is 220 g/mol. The molecule has 1 aromatic rings. The molecule has 0 radical (unpaired) electrons. The summed E-state index contributed by atoms with van der Waals surface area (Å²) in [5.41, 5.74) is 1.47. The zero-order valence-electron chi connectivity index (χ0n) is 11.6. The average Bonchev–Trinajstić information content (AvgIpc) is 2.81. The van der Waals surface area contributed by atoms with Gasteiger partial charge in [0.05, 0.1) is 0 Å². The largest absolute Gasteiger partial charge is 0.315 e. The summed E-state index contributed by atoms with van der Waals surface area (Å²) < 4.78 is 0. The lowest BCUT2D eigenvalue weighted by Gasteiger charge is -2.19. The lowest BCUT2D eigenvalue weighted by molar-refractivity contribution is 0.300. The Kier molecular flexibility index (Phi) is 5.69. The van der Waals surface area contributed by atoms with E-state index in [-0.39, 0.29) is 0 Å². The Morgan fingerprint density at radius 1 is 1.22 bits per heavy atom. The van der Waals surface area contributed by atoms with Gasteiger partial charge in [-0.3, -0.25) is 0 Å². The van der Waals surface area contributed by atoms with Gasteiger partial charge in [0, 0.05) is 12.6 Å². The molecule has 1 heterocycles. The maximum absolute atomic E-state index is 3.60. The van der Waals surface area contributed by atoms with Crippen LogP contribution in [-0.4, -0.2) is 37.6 Å². The quantitative estimate of drug-likeness (QED) is 0.744. The zero-order chi connectivity index (χ0) is 12.6. The topological polar surface area (TPSA) is 15.3 Å². The fraction of sp³-hybridized carbons (Fsp3) is 0.625. The first kappa shape index (κ1) is 13.6. The lowest BCUT2D eigenvalue weighted by Crippen LogP contribution is -2.35. The summed E-state index contributed by atoms with van der Waals surface area (Å²) in [6.07, 6.45) is 6.53. The van der Waals surface area contributed by atoms with Gasteiger partial charge in [0.15, 0.2) is 0 Å². The van der Waals surface area contributed by atoms with Crippen LogP contribution in [0.15, 0.2) is 30.3 Å². The van der Waals surface area contributed by atoms with E-state index in [9.17, 15) is 0 Å². The Bertz CT molecular complexity index is 323. The molecule has 0 aromatic heterocycles. The molecule has 0 amide bonds. The summed E-state index contributed by atoms with van der Waals surface area (Å²) in [5.74, 6) is 0. The summed E-state index contributed by atoms with van der Waals surface area (Å²) >= 11 is 0. The predicted octanol–water partition coefficient (Wildman–Crippen LogP) is 2.69. The monoisotopic (exact) mass is 246 g/mol. The second-order valence-electron chi connectivity index (χ2n) is 5.42. The Balaban J connectivity index is 1.49. The van der Waals surface area contributed by atoms with Crippen LogP contribution >= 0.6 is 0 Å². The van der Waals surface area contributed by atoms with Gasteiger partial charge in [0.1, 0.15) is 0 Å². The van der Waals surface area contributed by atoms with Gasteiger partial charge in [0.25, 0.3) is 0 Å². The summed E-state index contributed by atoms with van der Waals surface area (Å²) in [7, 11) is 2.24. The minimum absolute atomic E-state index is 0.777. The third-order valence-corrected chi connectivity index (χ3v) is 3.96. The molecule has 0 aliphatic carbocycles. The van der Waals surface area contributed by atoms with Gasteiger partial charge in [-0.1, -0.05) is 30.3 Å². The maximum atomic E-state index is 3.60. The number of likely N-dealkylation sites (N-methyl/N-ethyl adjacent to an activating group) is 1. The number of unbranched alkanes of at least 4 members (excludes halogenated alkanes) is 1. The third kappa shape index (κ3) is 4.43. The van der Waals surface area contributed by atoms with Crippen molar-refractivity contribution in [2.45, 2.75) is 38.1 Å². The molecule has 1 aliphatic heterocycles. The average molecular weight is 246 g/mol. The predicted molar refractivity (Wildman–Crippen MR) is 77.9 cm³/mol. The zero-order valence-corrected chi connectivity index (χ0v) is 11.6. The van der Waals surface area contributed by atoms with Crippen LogP contribution in [0.2, 0.25) is 0 Å². The first-order valence-corrected chi connectivity index (χ1v) is 7.31. The Morgan fingerprint density at radius 3 is 2.78 bits per heavy atom. The van der Waals surface area contributed by atoms with Crippen molar-refractivity contribution in [2.75, 3.05) is 26.7 Å². The van der Waals surface area contributed by atoms with E-state index in [0.717, 1.165) is 12.6 Å². The number of likely N-dealkylation sites (tertiary alicyclic amines) is 1. The van der Waals surface area contributed by atoms with Crippen molar-refractivity contribution >= 4 is 0 Å². The Hall–Kier alpha value is -0.860. The van der Waals surface area contributed by atoms with Gasteiger partial charge in [-0.05, 0) is 57.8 Å². The van der Waals surface area contributed by atoms with E-state index in [1.807, 2.05) is 0 Å². The van der Waals surface area contributed by atoms with Gasteiger partial charge in [-0.25, -0.2) is 0 Å². The van der Waals surface area contributed by atoms with Gasteiger partial charge in [-0.15, -0.1) is 0 Å². The van der Waals surface area contributed by atoms with E-state index < -0.39 is 0 Å². The van der Waals surface area contributed by atoms with Gasteiger partial charge >= 0.3 is 0 Å². The molecule has 2 nitrogen and oxygen atoms in total. The molecule has 1 atom stereocenters. The molecule has 2 heteroatoms. The van der Waals surface area contributed by atoms with Crippen LogP contribution in [-0.2, 0) is 6.42 Å². The minimum Gasteiger partial charge on any atom is -0.315 e. The number of aryl methyl sites for hydroxylation is 1. The van der Waals surface area contributed by atoms with Crippen molar-refractivity contribution in [3.05, 3.63) is 35.9 Å². The first-order valence-electron chi connectivity index (χ1n) is 7.31. The van der Waals surface area contributed by atoms with Crippen molar-refractivity contribution in [3.63, 3.8) is 0 Å². The smallest absolute Gasteiger partial charge is 0.0218 e. The highest BCUT2D eigenvalue weighted by Crippen LogP contribution is 2.13. The standard InChI is InChI=1S/C16H26N2/c1-18-13-7-11-16(18)14-17-12-6-5-10-15-8-3-2-4-9-15/h2-4,8-9,16-17H,5-7,10-14H2,1H3. The Morgan fingerprint density at radius 2 is 2.06 bits per heavy atom. The number of rotatable bonds is 7. The maximum Gasteiger partial charge on any atom is 0.0218 e. The van der Waals surface area contributed by atoms with Crippen LogP contribution < -0.4 is 5.32 Å². The molecule has 1 aliphatic rings. The van der Waals surface area contributed by atoms with Crippen LogP contribution in [0.3, 0.4) is 0 Å². The highest BCUT2D eigenvalue weighted by atomic mass is 15.2. The molecule has 1 aromatic carbocycles. The van der Waals surface area contributed by atoms with Crippen LogP contribution in [0.5, 0.6) is 0 Å². The van der Waals surface area contributed by atoms with E-state index in [1.165, 1.54) is 50.8 Å². The van der Waals surface area contributed by atoms with Crippen LogP contribution in [0.1, 0.15) is 31.2 Å². The van der Waals surface area contributed by atoms with Gasteiger partial charge < -0.3 is 10.2 Å². The summed E-state index contributed by atoms with van der Waals surface area (Å²) in [6, 6.07) is 11.6. The number of nitrogens with one attached hydrogen (secondary N) is 1. The fourth-order valence-electron chi connectivity index (χ4n) is 2.73. The summed E-state index contributed by atoms with van der Waals surface area (Å²) in [4.78, 5) is 2.48. The third-order valence-electron chi connectivity index (χ3n) is 3.96. The molecule has 2 rings (SSSR count). The van der Waals surface area contributed by atoms with E-state index in [4.69, 9.17) is 0 Å². The number of hydrogen-bond donors (Lipinski definition) is 1. The minimum atomic E-state index is 0.777. The lowest BCUT2D eigenvalue weighted by atomic mass is 10.1. The van der Waals surface area contributed by atoms with Crippen molar-refractivity contribution in [3.8, 4) is 0 Å². The molecule has 100 valence electrons. The van der Waals surface area contributed by atoms with Crippen LogP contribution in [0.4, 0.5) is 0 Å². The number of hydrogen-bond acceptors (Lipinski definition) is 2. The molecule has 0 spiro atoms. The molecule has 1 N–H and O–H groups in total. The molecule has 18 heavy (non-hydrogen) atoms. The van der Waals surface area contributed by atoms with E-state index in [1.54, 1.807) is 0 Å². The van der Waals surface area contributed by atoms with Crippen molar-refractivity contribution in [1.82, 2.24) is 10.2 Å². The number of nitrogens with zero attached hydrogens (tertiary/aromatic N) is 1. The fourth-order valence-corrected chi connectivity index (χ4v) is 2.73. The molecule has 0 saturated carbocycles. The molecule has 1 unspecified atom stereocenters. The number of benzene rings is 1. The van der Waals surface area contributed by atoms with E-state index in [0.29, 0.717) is 0 Å². The van der Waals surface area contributed by atoms with Gasteiger partial charge in [-0.2, -0.15) is 0 Å². The van der Waals surface area contributed by atoms with Crippen molar-refractivity contribution in [2.24, 2.45) is 0 Å². The molecular formula is C16H26N2. The van der Waals surface area contributed by atoms with E-state index >= 15 is 0 Å². The van der Waals surface area contributed by atoms with E-state index in [2.05, 4.69) is 47.6 Å². The summed E-state index contributed by atoms with van der Waals surface area (Å²) in [6.45, 7) is 3.61. The second kappa shape index (κ2) is 7.55. The second-order valence-corrected chi connectivity index (χ2v) is 5.42. The van der Waals surface area contributed by atoms with Crippen molar-refractivity contribution < 1.29 is 0 Å². The van der Waals surface area contributed by atoms with Crippen LogP contribution in [0.25, 0.3) is 0 Å².